The van der Waals surface area contributed by atoms with Gasteiger partial charge in [-0.1, -0.05) is 13.8 Å². The molecule has 0 aliphatic carbocycles. The van der Waals surface area contributed by atoms with E-state index in [-0.39, 0.29) is 6.04 Å². The van der Waals surface area contributed by atoms with Gasteiger partial charge in [0.15, 0.2) is 0 Å². The van der Waals surface area contributed by atoms with Crippen LogP contribution in [0.3, 0.4) is 0 Å². The van der Waals surface area contributed by atoms with Crippen LogP contribution in [0.15, 0.2) is 0 Å². The Bertz CT molecular complexity index is 130. The van der Waals surface area contributed by atoms with E-state index in [9.17, 15) is 0 Å². The second-order valence-corrected chi connectivity index (χ2v) is 4.54. The Morgan fingerprint density at radius 2 is 2.08 bits per heavy atom. The summed E-state index contributed by atoms with van der Waals surface area (Å²) in [5, 5.41) is 0. The van der Waals surface area contributed by atoms with E-state index in [4.69, 9.17) is 10.5 Å². The maximum Gasteiger partial charge on any atom is 0.0725 e. The molecule has 0 amide bonds. The molecule has 1 fully saturated rings. The number of nitrogens with two attached hydrogens (primary N) is 1. The molecule has 0 aromatic carbocycles. The zero-order valence-electron chi connectivity index (χ0n) is 8.96. The Morgan fingerprint density at radius 1 is 1.31 bits per heavy atom. The van der Waals surface area contributed by atoms with Crippen LogP contribution in [0.1, 0.15) is 46.0 Å². The van der Waals surface area contributed by atoms with Crippen LogP contribution in [0.4, 0.5) is 0 Å². The summed E-state index contributed by atoms with van der Waals surface area (Å²) >= 11 is 0. The second-order valence-electron chi connectivity index (χ2n) is 4.54. The first-order valence-electron chi connectivity index (χ1n) is 5.57. The predicted molar refractivity (Wildman–Crippen MR) is 55.6 cm³/mol. The van der Waals surface area contributed by atoms with Gasteiger partial charge in [0.1, 0.15) is 0 Å². The summed E-state index contributed by atoms with van der Waals surface area (Å²) in [5.41, 5.74) is 6.07. The van der Waals surface area contributed by atoms with Gasteiger partial charge < -0.3 is 10.5 Å². The summed E-state index contributed by atoms with van der Waals surface area (Å²) in [6.07, 6.45) is 6.35. The van der Waals surface area contributed by atoms with Crippen LogP contribution < -0.4 is 5.73 Å². The van der Waals surface area contributed by atoms with Crippen molar-refractivity contribution < 1.29 is 4.74 Å². The third kappa shape index (κ3) is 4.10. The first-order valence-corrected chi connectivity index (χ1v) is 5.57. The lowest BCUT2D eigenvalue weighted by molar-refractivity contribution is -0.00187. The quantitative estimate of drug-likeness (QED) is 0.729. The fraction of sp³-hybridized carbons (Fsp3) is 1.00. The second kappa shape index (κ2) is 5.61. The maximum atomic E-state index is 6.07. The van der Waals surface area contributed by atoms with E-state index >= 15 is 0 Å². The highest BCUT2D eigenvalue weighted by Gasteiger charge is 2.20. The SMILES string of the molecule is CC(C)CCC(N)C1CCCCO1. The minimum atomic E-state index is 0.266. The molecule has 0 aromatic heterocycles. The Balaban J connectivity index is 2.17. The molecule has 1 heterocycles. The molecule has 0 radical (unpaired) electrons. The van der Waals surface area contributed by atoms with Crippen molar-refractivity contribution in [2.45, 2.75) is 58.1 Å². The lowest BCUT2D eigenvalue weighted by Gasteiger charge is -2.28. The molecule has 2 nitrogen and oxygen atoms in total. The molecule has 2 atom stereocenters. The highest BCUT2D eigenvalue weighted by Crippen LogP contribution is 2.18. The molecule has 0 spiro atoms. The maximum absolute atomic E-state index is 6.07. The van der Waals surface area contributed by atoms with Crippen molar-refractivity contribution in [3.63, 3.8) is 0 Å². The van der Waals surface area contributed by atoms with Crippen LogP contribution in [0, 0.1) is 5.92 Å². The minimum absolute atomic E-state index is 0.266. The van der Waals surface area contributed by atoms with Gasteiger partial charge in [0, 0.05) is 12.6 Å². The van der Waals surface area contributed by atoms with Crippen molar-refractivity contribution in [2.75, 3.05) is 6.61 Å². The first-order chi connectivity index (χ1) is 6.20. The number of hydrogen-bond acceptors (Lipinski definition) is 2. The van der Waals surface area contributed by atoms with Crippen LogP contribution >= 0.6 is 0 Å². The van der Waals surface area contributed by atoms with Crippen LogP contribution in [-0.2, 0) is 4.74 Å². The smallest absolute Gasteiger partial charge is 0.0725 e. The van der Waals surface area contributed by atoms with Crippen LogP contribution in [0.2, 0.25) is 0 Å². The summed E-state index contributed by atoms with van der Waals surface area (Å²) in [7, 11) is 0. The third-order valence-electron chi connectivity index (χ3n) is 2.77. The third-order valence-corrected chi connectivity index (χ3v) is 2.77. The molecule has 0 bridgehead atoms. The van der Waals surface area contributed by atoms with Crippen LogP contribution in [0.25, 0.3) is 0 Å². The Morgan fingerprint density at radius 3 is 2.62 bits per heavy atom. The summed E-state index contributed by atoms with van der Waals surface area (Å²) in [4.78, 5) is 0. The molecule has 2 heteroatoms. The molecule has 0 aromatic rings. The predicted octanol–water partition coefficient (Wildman–Crippen LogP) is 2.32. The fourth-order valence-corrected chi connectivity index (χ4v) is 1.81. The molecular formula is C11H23NO. The van der Waals surface area contributed by atoms with E-state index < -0.39 is 0 Å². The molecule has 2 N–H and O–H groups in total. The van der Waals surface area contributed by atoms with Gasteiger partial charge in [-0.3, -0.25) is 0 Å². The van der Waals surface area contributed by atoms with Crippen LogP contribution in [-0.4, -0.2) is 18.8 Å². The summed E-state index contributed by atoms with van der Waals surface area (Å²) in [6.45, 7) is 5.41. The molecule has 13 heavy (non-hydrogen) atoms. The first kappa shape index (κ1) is 11.0. The van der Waals surface area contributed by atoms with Crippen molar-refractivity contribution >= 4 is 0 Å². The highest BCUT2D eigenvalue weighted by atomic mass is 16.5. The van der Waals surface area contributed by atoms with E-state index in [1.165, 1.54) is 25.7 Å². The van der Waals surface area contributed by atoms with Gasteiger partial charge in [0.05, 0.1) is 6.10 Å². The van der Waals surface area contributed by atoms with Gasteiger partial charge in [-0.25, -0.2) is 0 Å². The van der Waals surface area contributed by atoms with Gasteiger partial charge in [-0.05, 0) is 38.0 Å². The Hall–Kier alpha value is -0.0800. The number of hydrogen-bond donors (Lipinski definition) is 1. The van der Waals surface area contributed by atoms with Crippen molar-refractivity contribution in [2.24, 2.45) is 11.7 Å². The molecule has 0 saturated carbocycles. The van der Waals surface area contributed by atoms with E-state index in [1.807, 2.05) is 0 Å². The monoisotopic (exact) mass is 185 g/mol. The average molecular weight is 185 g/mol. The Kier molecular flexibility index (Phi) is 4.74. The zero-order valence-corrected chi connectivity index (χ0v) is 8.96. The summed E-state index contributed by atoms with van der Waals surface area (Å²) in [5.74, 6) is 0.759. The van der Waals surface area contributed by atoms with Gasteiger partial charge >= 0.3 is 0 Å². The van der Waals surface area contributed by atoms with Gasteiger partial charge in [-0.2, -0.15) is 0 Å². The Labute approximate surface area is 81.8 Å². The standard InChI is InChI=1S/C11H23NO/c1-9(2)6-7-10(12)11-5-3-4-8-13-11/h9-11H,3-8,12H2,1-2H3. The van der Waals surface area contributed by atoms with Crippen molar-refractivity contribution in [1.82, 2.24) is 0 Å². The molecule has 1 rings (SSSR count). The van der Waals surface area contributed by atoms with Crippen molar-refractivity contribution in [1.29, 1.82) is 0 Å². The van der Waals surface area contributed by atoms with E-state index in [0.717, 1.165) is 18.9 Å². The zero-order chi connectivity index (χ0) is 9.68. The fourth-order valence-electron chi connectivity index (χ4n) is 1.81. The highest BCUT2D eigenvalue weighted by molar-refractivity contribution is 4.76. The van der Waals surface area contributed by atoms with Crippen molar-refractivity contribution in [3.8, 4) is 0 Å². The van der Waals surface area contributed by atoms with E-state index in [1.54, 1.807) is 0 Å². The van der Waals surface area contributed by atoms with Gasteiger partial charge in [0.25, 0.3) is 0 Å². The summed E-state index contributed by atoms with van der Waals surface area (Å²) in [6, 6.07) is 0.266. The normalized spacial score (nSPS) is 26.3. The molecule has 78 valence electrons. The number of rotatable bonds is 4. The molecule has 1 aliphatic heterocycles. The van der Waals surface area contributed by atoms with Gasteiger partial charge in [-0.15, -0.1) is 0 Å². The lowest BCUT2D eigenvalue weighted by atomic mass is 9.96. The van der Waals surface area contributed by atoms with Gasteiger partial charge in [0.2, 0.25) is 0 Å². The molecular weight excluding hydrogens is 162 g/mol. The summed E-state index contributed by atoms with van der Waals surface area (Å²) < 4.78 is 5.65. The largest absolute Gasteiger partial charge is 0.377 e. The minimum Gasteiger partial charge on any atom is -0.377 e. The molecule has 1 aliphatic rings. The van der Waals surface area contributed by atoms with E-state index in [2.05, 4.69) is 13.8 Å². The van der Waals surface area contributed by atoms with Crippen LogP contribution in [0.5, 0.6) is 0 Å². The van der Waals surface area contributed by atoms with Crippen molar-refractivity contribution in [3.05, 3.63) is 0 Å². The number of ether oxygens (including phenoxy) is 1. The lowest BCUT2D eigenvalue weighted by Crippen LogP contribution is -2.39. The topological polar surface area (TPSA) is 35.2 Å². The van der Waals surface area contributed by atoms with E-state index in [0.29, 0.717) is 6.10 Å². The molecule has 1 saturated heterocycles. The average Bonchev–Trinajstić information content (AvgIpc) is 2.15. The molecule has 2 unspecified atom stereocenters.